The molecule has 1 heteroatoms. The number of hydrogen-bond donors (Lipinski definition) is 1. The largest absolute Gasteiger partial charge is 0.393 e. The highest BCUT2D eigenvalue weighted by Crippen LogP contribution is 2.34. The third-order valence-electron chi connectivity index (χ3n) is 4.03. The van der Waals surface area contributed by atoms with Crippen molar-refractivity contribution in [2.24, 2.45) is 5.92 Å². The number of aliphatic hydroxyl groups is 1. The van der Waals surface area contributed by atoms with E-state index < -0.39 is 0 Å². The predicted molar refractivity (Wildman–Crippen MR) is 84.8 cm³/mol. The van der Waals surface area contributed by atoms with E-state index in [2.05, 4.69) is 62.4 Å². The lowest BCUT2D eigenvalue weighted by molar-refractivity contribution is 0.0984. The highest BCUT2D eigenvalue weighted by atomic mass is 16.3. The number of hydrogen-bond acceptors (Lipinski definition) is 1. The van der Waals surface area contributed by atoms with Crippen LogP contribution in [0, 0.1) is 5.92 Å². The quantitative estimate of drug-likeness (QED) is 0.810. The SMILES string of the molecule is CCCC(O)C(C)C(c1ccccc1)c1ccccc1. The fourth-order valence-electron chi connectivity index (χ4n) is 2.90. The van der Waals surface area contributed by atoms with Crippen LogP contribution in [0.2, 0.25) is 0 Å². The van der Waals surface area contributed by atoms with Crippen molar-refractivity contribution in [3.8, 4) is 0 Å². The first kappa shape index (κ1) is 14.8. The minimum atomic E-state index is -0.259. The molecule has 0 radical (unpaired) electrons. The van der Waals surface area contributed by atoms with E-state index in [1.165, 1.54) is 11.1 Å². The van der Waals surface area contributed by atoms with Gasteiger partial charge in [-0.3, -0.25) is 0 Å². The summed E-state index contributed by atoms with van der Waals surface area (Å²) in [6.07, 6.45) is 1.62. The first-order valence-electron chi connectivity index (χ1n) is 7.52. The summed E-state index contributed by atoms with van der Waals surface area (Å²) in [5.41, 5.74) is 2.56. The molecule has 2 aromatic rings. The second-order valence-electron chi connectivity index (χ2n) is 5.51. The maximum Gasteiger partial charge on any atom is 0.0574 e. The molecule has 0 bridgehead atoms. The van der Waals surface area contributed by atoms with Gasteiger partial charge in [0.1, 0.15) is 0 Å². The monoisotopic (exact) mass is 268 g/mol. The molecule has 0 aromatic heterocycles. The summed E-state index contributed by atoms with van der Waals surface area (Å²) in [5.74, 6) is 0.457. The Hall–Kier alpha value is -1.60. The van der Waals surface area contributed by atoms with Gasteiger partial charge in [0.25, 0.3) is 0 Å². The molecule has 0 aliphatic heterocycles. The summed E-state index contributed by atoms with van der Waals surface area (Å²) >= 11 is 0. The Morgan fingerprint density at radius 3 is 1.70 bits per heavy atom. The van der Waals surface area contributed by atoms with Gasteiger partial charge in [-0.05, 0) is 23.5 Å². The van der Waals surface area contributed by atoms with E-state index in [9.17, 15) is 5.11 Å². The van der Waals surface area contributed by atoms with Crippen LogP contribution >= 0.6 is 0 Å². The van der Waals surface area contributed by atoms with Crippen molar-refractivity contribution < 1.29 is 5.11 Å². The van der Waals surface area contributed by atoms with E-state index in [0.717, 1.165) is 12.8 Å². The van der Waals surface area contributed by atoms with Crippen molar-refractivity contribution in [1.29, 1.82) is 0 Å². The van der Waals surface area contributed by atoms with Gasteiger partial charge < -0.3 is 5.11 Å². The van der Waals surface area contributed by atoms with E-state index >= 15 is 0 Å². The molecule has 1 nitrogen and oxygen atoms in total. The zero-order valence-corrected chi connectivity index (χ0v) is 12.4. The molecule has 106 valence electrons. The molecule has 0 saturated carbocycles. The van der Waals surface area contributed by atoms with Crippen LogP contribution in [-0.4, -0.2) is 11.2 Å². The van der Waals surface area contributed by atoms with Gasteiger partial charge >= 0.3 is 0 Å². The summed E-state index contributed by atoms with van der Waals surface area (Å²) in [6, 6.07) is 21.0. The molecule has 0 amide bonds. The molecular weight excluding hydrogens is 244 g/mol. The number of rotatable bonds is 6. The molecule has 1 N–H and O–H groups in total. The van der Waals surface area contributed by atoms with Crippen LogP contribution in [0.3, 0.4) is 0 Å². The molecule has 2 unspecified atom stereocenters. The lowest BCUT2D eigenvalue weighted by atomic mass is 9.78. The van der Waals surface area contributed by atoms with Gasteiger partial charge in [-0.1, -0.05) is 80.9 Å². The first-order valence-corrected chi connectivity index (χ1v) is 7.52. The molecule has 0 aliphatic carbocycles. The van der Waals surface area contributed by atoms with E-state index in [0.29, 0.717) is 0 Å². The Bertz CT molecular complexity index is 452. The van der Waals surface area contributed by atoms with Gasteiger partial charge in [0, 0.05) is 5.92 Å². The van der Waals surface area contributed by atoms with Crippen molar-refractivity contribution in [1.82, 2.24) is 0 Å². The van der Waals surface area contributed by atoms with Crippen LogP contribution < -0.4 is 0 Å². The van der Waals surface area contributed by atoms with Crippen molar-refractivity contribution in [3.63, 3.8) is 0 Å². The van der Waals surface area contributed by atoms with Gasteiger partial charge in [0.05, 0.1) is 6.10 Å². The van der Waals surface area contributed by atoms with Crippen molar-refractivity contribution >= 4 is 0 Å². The second-order valence-corrected chi connectivity index (χ2v) is 5.51. The minimum absolute atomic E-state index is 0.208. The van der Waals surface area contributed by atoms with Crippen LogP contribution in [-0.2, 0) is 0 Å². The Balaban J connectivity index is 2.35. The predicted octanol–water partition coefficient (Wildman–Crippen LogP) is 4.62. The van der Waals surface area contributed by atoms with Crippen molar-refractivity contribution in [2.45, 2.75) is 38.7 Å². The summed E-state index contributed by atoms with van der Waals surface area (Å²) in [4.78, 5) is 0. The van der Waals surface area contributed by atoms with Crippen LogP contribution in [0.25, 0.3) is 0 Å². The fourth-order valence-corrected chi connectivity index (χ4v) is 2.90. The molecule has 20 heavy (non-hydrogen) atoms. The van der Waals surface area contributed by atoms with Crippen LogP contribution in [0.1, 0.15) is 43.7 Å². The van der Waals surface area contributed by atoms with Gasteiger partial charge in [0.2, 0.25) is 0 Å². The van der Waals surface area contributed by atoms with E-state index in [1.54, 1.807) is 0 Å². The Labute approximate surface area is 122 Å². The van der Waals surface area contributed by atoms with E-state index in [-0.39, 0.29) is 17.9 Å². The number of aliphatic hydroxyl groups excluding tert-OH is 1. The topological polar surface area (TPSA) is 20.2 Å². The zero-order chi connectivity index (χ0) is 14.4. The first-order chi connectivity index (χ1) is 9.74. The van der Waals surface area contributed by atoms with Crippen LogP contribution in [0.15, 0.2) is 60.7 Å². The van der Waals surface area contributed by atoms with Gasteiger partial charge in [-0.15, -0.1) is 0 Å². The third-order valence-corrected chi connectivity index (χ3v) is 4.03. The van der Waals surface area contributed by atoms with Crippen LogP contribution in [0.5, 0.6) is 0 Å². The minimum Gasteiger partial charge on any atom is -0.393 e. The summed E-state index contributed by atoms with van der Waals surface area (Å²) < 4.78 is 0. The highest BCUT2D eigenvalue weighted by molar-refractivity contribution is 5.33. The molecule has 0 spiro atoms. The van der Waals surface area contributed by atoms with E-state index in [1.807, 2.05) is 12.1 Å². The molecular formula is C19H24O. The molecule has 0 fully saturated rings. The smallest absolute Gasteiger partial charge is 0.0574 e. The van der Waals surface area contributed by atoms with Gasteiger partial charge in [0.15, 0.2) is 0 Å². The maximum atomic E-state index is 10.4. The zero-order valence-electron chi connectivity index (χ0n) is 12.4. The standard InChI is InChI=1S/C19H24O/c1-3-10-18(20)15(2)19(16-11-6-4-7-12-16)17-13-8-5-9-14-17/h4-9,11-15,18-20H,3,10H2,1-2H3. The third kappa shape index (κ3) is 3.49. The molecule has 0 aliphatic rings. The summed E-state index contributed by atoms with van der Waals surface area (Å²) in [5, 5.41) is 10.4. The van der Waals surface area contributed by atoms with Gasteiger partial charge in [-0.2, -0.15) is 0 Å². The normalized spacial score (nSPS) is 14.2. The second kappa shape index (κ2) is 7.25. The molecule has 2 aromatic carbocycles. The number of benzene rings is 2. The summed E-state index contributed by atoms with van der Waals surface area (Å²) in [6.45, 7) is 4.28. The van der Waals surface area contributed by atoms with Crippen molar-refractivity contribution in [2.75, 3.05) is 0 Å². The van der Waals surface area contributed by atoms with Crippen molar-refractivity contribution in [3.05, 3.63) is 71.8 Å². The Kier molecular flexibility index (Phi) is 5.37. The lowest BCUT2D eigenvalue weighted by Crippen LogP contribution is -2.24. The maximum absolute atomic E-state index is 10.4. The fraction of sp³-hybridized carbons (Fsp3) is 0.368. The average Bonchev–Trinajstić information content (AvgIpc) is 2.50. The highest BCUT2D eigenvalue weighted by Gasteiger charge is 2.26. The molecule has 2 rings (SSSR count). The van der Waals surface area contributed by atoms with E-state index in [4.69, 9.17) is 0 Å². The lowest BCUT2D eigenvalue weighted by Gasteiger charge is -2.29. The summed E-state index contributed by atoms with van der Waals surface area (Å²) in [7, 11) is 0. The molecule has 0 saturated heterocycles. The Morgan fingerprint density at radius 1 is 0.850 bits per heavy atom. The average molecular weight is 268 g/mol. The molecule has 0 heterocycles. The van der Waals surface area contributed by atoms with Crippen LogP contribution in [0.4, 0.5) is 0 Å². The van der Waals surface area contributed by atoms with Gasteiger partial charge in [-0.25, -0.2) is 0 Å². The Morgan fingerprint density at radius 2 is 1.30 bits per heavy atom. The molecule has 2 atom stereocenters.